The third-order valence-corrected chi connectivity index (χ3v) is 4.79. The van der Waals surface area contributed by atoms with E-state index in [2.05, 4.69) is 15.1 Å². The zero-order chi connectivity index (χ0) is 23.7. The molecule has 10 heteroatoms. The third-order valence-electron chi connectivity index (χ3n) is 4.79. The van der Waals surface area contributed by atoms with Gasteiger partial charge in [-0.05, 0) is 38.0 Å². The van der Waals surface area contributed by atoms with Gasteiger partial charge in [-0.2, -0.15) is 0 Å². The van der Waals surface area contributed by atoms with Crippen molar-refractivity contribution in [3.63, 3.8) is 0 Å². The third kappa shape index (κ3) is 6.50. The number of ether oxygens (including phenoxy) is 3. The van der Waals surface area contributed by atoms with Crippen LogP contribution in [0.2, 0.25) is 0 Å². The Balaban J connectivity index is 2.17. The molecule has 0 aliphatic heterocycles. The molecule has 0 aliphatic rings. The summed E-state index contributed by atoms with van der Waals surface area (Å²) in [5.41, 5.74) is 8.41. The Morgan fingerprint density at radius 2 is 2.00 bits per heavy atom. The summed E-state index contributed by atoms with van der Waals surface area (Å²) in [6, 6.07) is 4.55. The summed E-state index contributed by atoms with van der Waals surface area (Å²) < 4.78 is 16.0. The highest BCUT2D eigenvalue weighted by Crippen LogP contribution is 2.29. The fourth-order valence-electron chi connectivity index (χ4n) is 3.28. The Hall–Kier alpha value is -3.49. The van der Waals surface area contributed by atoms with Crippen LogP contribution in [0.3, 0.4) is 0 Å². The first-order chi connectivity index (χ1) is 15.3. The zero-order valence-corrected chi connectivity index (χ0v) is 18.6. The highest BCUT2D eigenvalue weighted by molar-refractivity contribution is 6.25. The Labute approximate surface area is 185 Å². The van der Waals surface area contributed by atoms with E-state index in [1.807, 2.05) is 18.2 Å². The second-order valence-corrected chi connectivity index (χ2v) is 7.44. The van der Waals surface area contributed by atoms with Crippen LogP contribution < -0.4 is 10.1 Å². The molecule has 2 atom stereocenters. The summed E-state index contributed by atoms with van der Waals surface area (Å²) in [5, 5.41) is 3.48. The highest BCUT2D eigenvalue weighted by Gasteiger charge is 2.29. The van der Waals surface area contributed by atoms with Crippen LogP contribution in [-0.2, 0) is 30.3 Å². The van der Waals surface area contributed by atoms with E-state index in [1.165, 1.54) is 7.11 Å². The molecule has 172 valence electrons. The standard InChI is InChI=1S/C22H28N4O6/c1-13(2)32-22(29)17(9-8-15(27)12-25-23)26-21(28)19(31-4)10-14-11-24-16-6-5-7-18(30-3)20(14)16/h5-7,11-13,17,19,23-24H,8-10H2,1-4H3/p+1/t17-,19-/m0/s1. The average Bonchev–Trinajstić information content (AvgIpc) is 3.17. The molecule has 0 saturated heterocycles. The molecule has 2 rings (SSSR count). The van der Waals surface area contributed by atoms with Gasteiger partial charge < -0.3 is 24.5 Å². The lowest BCUT2D eigenvalue weighted by atomic mass is 10.0. The first-order valence-electron chi connectivity index (χ1n) is 10.2. The number of fused-ring (bicyclic) bond motifs is 1. The highest BCUT2D eigenvalue weighted by atomic mass is 16.5. The molecule has 2 aromatic rings. The first kappa shape index (κ1) is 24.8. The van der Waals surface area contributed by atoms with Gasteiger partial charge in [0.15, 0.2) is 0 Å². The molecule has 0 unspecified atom stereocenters. The second kappa shape index (κ2) is 11.8. The number of amides is 1. The second-order valence-electron chi connectivity index (χ2n) is 7.44. The number of ketones is 1. The molecular formula is C22H29N4O6+. The van der Waals surface area contributed by atoms with Crippen LogP contribution in [0.15, 0.2) is 24.4 Å². The number of H-pyrrole nitrogens is 1. The number of methoxy groups -OCH3 is 2. The largest absolute Gasteiger partial charge is 0.496 e. The van der Waals surface area contributed by atoms with Crippen molar-refractivity contribution in [3.05, 3.63) is 30.0 Å². The predicted octanol–water partition coefficient (Wildman–Crippen LogP) is 1.83. The van der Waals surface area contributed by atoms with Crippen molar-refractivity contribution in [2.75, 3.05) is 14.2 Å². The quantitative estimate of drug-likeness (QED) is 0.197. The number of nitrogens with one attached hydrogen (secondary N) is 3. The number of carbonyl (C=O) groups is 3. The number of benzene rings is 1. The maximum atomic E-state index is 12.9. The molecular weight excluding hydrogens is 416 g/mol. The topological polar surface area (TPSA) is 145 Å². The van der Waals surface area contributed by atoms with Crippen molar-refractivity contribution in [3.8, 4) is 5.75 Å². The molecule has 0 radical (unpaired) electrons. The summed E-state index contributed by atoms with van der Waals surface area (Å²) in [6.07, 6.45) is 1.55. The number of carbonyl (C=O) groups excluding carboxylic acids is 3. The maximum Gasteiger partial charge on any atom is 0.372 e. The molecule has 3 N–H and O–H groups in total. The smallest absolute Gasteiger partial charge is 0.372 e. The molecule has 0 saturated carbocycles. The van der Waals surface area contributed by atoms with E-state index in [4.69, 9.17) is 19.7 Å². The Kier molecular flexibility index (Phi) is 9.12. The van der Waals surface area contributed by atoms with Gasteiger partial charge >= 0.3 is 12.2 Å². The minimum atomic E-state index is -1.04. The number of aromatic amines is 1. The van der Waals surface area contributed by atoms with Crippen LogP contribution in [-0.4, -0.2) is 66.1 Å². The summed E-state index contributed by atoms with van der Waals surface area (Å²) in [6.45, 7) is 3.38. The summed E-state index contributed by atoms with van der Waals surface area (Å²) in [4.78, 5) is 43.2. The first-order valence-corrected chi connectivity index (χ1v) is 10.2. The van der Waals surface area contributed by atoms with Gasteiger partial charge in [0.1, 0.15) is 17.9 Å². The number of hydrogen-bond acceptors (Lipinski definition) is 7. The molecule has 1 aromatic heterocycles. The van der Waals surface area contributed by atoms with Crippen LogP contribution in [0.1, 0.15) is 32.3 Å². The van der Waals surface area contributed by atoms with Gasteiger partial charge in [-0.25, -0.2) is 4.79 Å². The minimum Gasteiger partial charge on any atom is -0.496 e. The van der Waals surface area contributed by atoms with Gasteiger partial charge in [-0.1, -0.05) is 6.07 Å². The SMILES string of the molecule is COc1cccc2[nH]cc(C[C@H](OC)C(=O)N[C@@H](CCC(=O)C=[N+]=N)C(=O)OC(C)C)c12. The van der Waals surface area contributed by atoms with Gasteiger partial charge in [-0.3, -0.25) is 9.59 Å². The fourth-order valence-corrected chi connectivity index (χ4v) is 3.28. The van der Waals surface area contributed by atoms with E-state index in [9.17, 15) is 14.4 Å². The zero-order valence-electron chi connectivity index (χ0n) is 18.6. The number of nitrogens with zero attached hydrogens (tertiary/aromatic N) is 1. The molecule has 0 aliphatic carbocycles. The lowest BCUT2D eigenvalue weighted by Crippen LogP contribution is -2.48. The molecule has 0 fully saturated rings. The van der Waals surface area contributed by atoms with Crippen molar-refractivity contribution >= 4 is 34.8 Å². The maximum absolute atomic E-state index is 12.9. The summed E-state index contributed by atoms with van der Waals surface area (Å²) >= 11 is 0. The Bertz CT molecular complexity index is 1010. The van der Waals surface area contributed by atoms with E-state index in [0.29, 0.717) is 5.75 Å². The predicted molar refractivity (Wildman–Crippen MR) is 116 cm³/mol. The lowest BCUT2D eigenvalue weighted by Gasteiger charge is -2.22. The number of aromatic nitrogens is 1. The van der Waals surface area contributed by atoms with Crippen LogP contribution in [0, 0.1) is 5.53 Å². The van der Waals surface area contributed by atoms with Crippen molar-refractivity contribution in [2.24, 2.45) is 0 Å². The van der Waals surface area contributed by atoms with Crippen molar-refractivity contribution in [1.82, 2.24) is 10.3 Å². The summed E-state index contributed by atoms with van der Waals surface area (Å²) in [7, 11) is 2.98. The van der Waals surface area contributed by atoms with E-state index < -0.39 is 29.8 Å². The molecule has 1 heterocycles. The van der Waals surface area contributed by atoms with Crippen LogP contribution in [0.5, 0.6) is 5.75 Å². The molecule has 1 aromatic carbocycles. The van der Waals surface area contributed by atoms with Crippen molar-refractivity contribution < 1.29 is 33.4 Å². The minimum absolute atomic E-state index is 0.0134. The molecule has 1 amide bonds. The Morgan fingerprint density at radius 1 is 1.25 bits per heavy atom. The van der Waals surface area contributed by atoms with Crippen molar-refractivity contribution in [2.45, 2.75) is 51.4 Å². The van der Waals surface area contributed by atoms with E-state index in [-0.39, 0.29) is 25.4 Å². The van der Waals surface area contributed by atoms with E-state index in [1.54, 1.807) is 27.2 Å². The number of Topliss-reactive ketones (excluding diaryl/α,β-unsaturated/α-hetero) is 1. The average molecular weight is 445 g/mol. The van der Waals surface area contributed by atoms with E-state index >= 15 is 0 Å². The monoisotopic (exact) mass is 445 g/mol. The van der Waals surface area contributed by atoms with Gasteiger partial charge in [0.05, 0.1) is 23.5 Å². The van der Waals surface area contributed by atoms with E-state index in [0.717, 1.165) is 22.7 Å². The lowest BCUT2D eigenvalue weighted by molar-refractivity contribution is -0.152. The molecule has 32 heavy (non-hydrogen) atoms. The molecule has 0 spiro atoms. The van der Waals surface area contributed by atoms with Gasteiger partial charge in [0.25, 0.3) is 0 Å². The van der Waals surface area contributed by atoms with Crippen LogP contribution in [0.25, 0.3) is 10.9 Å². The molecule has 10 nitrogen and oxygen atoms in total. The number of hydrogen-bond donors (Lipinski definition) is 3. The number of esters is 1. The van der Waals surface area contributed by atoms with Gasteiger partial charge in [0, 0.05) is 37.1 Å². The van der Waals surface area contributed by atoms with Gasteiger partial charge in [0.2, 0.25) is 11.7 Å². The normalized spacial score (nSPS) is 12.7. The summed E-state index contributed by atoms with van der Waals surface area (Å²) in [5.74, 6) is -0.913. The van der Waals surface area contributed by atoms with Crippen LogP contribution >= 0.6 is 0 Å². The number of rotatable bonds is 12. The van der Waals surface area contributed by atoms with Gasteiger partial charge in [-0.15, -0.1) is 0 Å². The van der Waals surface area contributed by atoms with Crippen LogP contribution in [0.4, 0.5) is 0 Å². The fraction of sp³-hybridized carbons (Fsp3) is 0.455. The molecule has 0 bridgehead atoms. The Morgan fingerprint density at radius 3 is 2.62 bits per heavy atom. The van der Waals surface area contributed by atoms with Crippen molar-refractivity contribution in [1.29, 1.82) is 5.53 Å².